The van der Waals surface area contributed by atoms with Gasteiger partial charge in [0, 0.05) is 25.4 Å². The molecule has 0 saturated carbocycles. The van der Waals surface area contributed by atoms with E-state index < -0.39 is 0 Å². The Labute approximate surface area is 148 Å². The van der Waals surface area contributed by atoms with E-state index in [4.69, 9.17) is 0 Å². The molecule has 134 valence electrons. The number of benzene rings is 1. The Hall–Kier alpha value is -2.17. The van der Waals surface area contributed by atoms with Crippen molar-refractivity contribution in [2.75, 3.05) is 13.1 Å². The van der Waals surface area contributed by atoms with Crippen molar-refractivity contribution in [1.29, 1.82) is 0 Å². The van der Waals surface area contributed by atoms with Crippen molar-refractivity contribution in [2.45, 2.75) is 44.6 Å². The minimum absolute atomic E-state index is 0.0223. The van der Waals surface area contributed by atoms with E-state index in [1.807, 2.05) is 11.0 Å². The molecule has 1 aromatic carbocycles. The first-order chi connectivity index (χ1) is 12.1. The largest absolute Gasteiger partial charge is 0.354 e. The van der Waals surface area contributed by atoms with Gasteiger partial charge in [-0.15, -0.1) is 0 Å². The van der Waals surface area contributed by atoms with Crippen LogP contribution < -0.4 is 5.32 Å². The van der Waals surface area contributed by atoms with Crippen LogP contribution in [0.2, 0.25) is 0 Å². The second kappa shape index (κ2) is 8.28. The van der Waals surface area contributed by atoms with Crippen LogP contribution in [0.25, 0.3) is 0 Å². The first-order valence-electron chi connectivity index (χ1n) is 9.10. The molecule has 0 radical (unpaired) electrons. The van der Waals surface area contributed by atoms with Gasteiger partial charge in [-0.2, -0.15) is 0 Å². The highest BCUT2D eigenvalue weighted by molar-refractivity contribution is 5.80. The number of hydrogen-bond acceptors (Lipinski definition) is 2. The number of nitrogens with zero attached hydrogens (tertiary/aromatic N) is 1. The van der Waals surface area contributed by atoms with E-state index >= 15 is 0 Å². The van der Waals surface area contributed by atoms with Crippen LogP contribution in [0.1, 0.15) is 37.7 Å². The number of halogens is 1. The molecule has 0 aromatic heterocycles. The minimum atomic E-state index is -0.276. The van der Waals surface area contributed by atoms with Crippen molar-refractivity contribution in [2.24, 2.45) is 5.92 Å². The lowest BCUT2D eigenvalue weighted by Crippen LogP contribution is -2.47. The first kappa shape index (κ1) is 17.6. The van der Waals surface area contributed by atoms with Gasteiger partial charge in [0.05, 0.1) is 6.04 Å². The second-order valence-corrected chi connectivity index (χ2v) is 6.91. The number of carbonyl (C=O) groups is 2. The van der Waals surface area contributed by atoms with Crippen molar-refractivity contribution >= 4 is 11.8 Å². The third-order valence-electron chi connectivity index (χ3n) is 5.06. The summed E-state index contributed by atoms with van der Waals surface area (Å²) >= 11 is 0. The topological polar surface area (TPSA) is 49.4 Å². The van der Waals surface area contributed by atoms with Crippen LogP contribution in [0.5, 0.6) is 0 Å². The molecule has 1 aromatic rings. The number of carbonyl (C=O) groups excluding carboxylic acids is 2. The van der Waals surface area contributed by atoms with Gasteiger partial charge in [0.25, 0.3) is 0 Å². The minimum Gasteiger partial charge on any atom is -0.354 e. The number of rotatable bonds is 6. The zero-order valence-corrected chi connectivity index (χ0v) is 14.4. The maximum Gasteiger partial charge on any atom is 0.223 e. The van der Waals surface area contributed by atoms with Crippen molar-refractivity contribution in [3.63, 3.8) is 0 Å². The maximum absolute atomic E-state index is 13.5. The Kier molecular flexibility index (Phi) is 5.84. The highest BCUT2D eigenvalue weighted by Gasteiger charge is 2.29. The van der Waals surface area contributed by atoms with E-state index in [1.54, 1.807) is 6.07 Å². The van der Waals surface area contributed by atoms with E-state index in [-0.39, 0.29) is 29.6 Å². The molecule has 0 spiro atoms. The van der Waals surface area contributed by atoms with E-state index in [0.717, 1.165) is 31.2 Å². The van der Waals surface area contributed by atoms with E-state index in [1.165, 1.54) is 12.1 Å². The molecule has 2 atom stereocenters. The third-order valence-corrected chi connectivity index (χ3v) is 5.06. The molecular formula is C20H25FN2O2. The SMILES string of the molecule is O=C(NC[C@H](Cc1cccc(F)c1)N1CCCC1=O)[C@@H]1CC=CCC1. The molecule has 5 heteroatoms. The number of allylic oxidation sites excluding steroid dienone is 2. The lowest BCUT2D eigenvalue weighted by Gasteiger charge is -2.29. The summed E-state index contributed by atoms with van der Waals surface area (Å²) in [5.41, 5.74) is 0.847. The van der Waals surface area contributed by atoms with Gasteiger partial charge in [0.1, 0.15) is 5.82 Å². The molecule has 1 N–H and O–H groups in total. The molecule has 2 amide bonds. The standard InChI is InChI=1S/C20H25FN2O2/c21-17-9-4-6-15(12-17)13-18(23-11-5-10-19(23)24)14-22-20(25)16-7-2-1-3-8-16/h1-2,4,6,9,12,16,18H,3,5,7-8,10-11,13-14H2,(H,22,25)/t16-,18+/m1/s1. The zero-order valence-electron chi connectivity index (χ0n) is 14.4. The normalized spacial score (nSPS) is 21.4. The average Bonchev–Trinajstić information content (AvgIpc) is 3.05. The monoisotopic (exact) mass is 344 g/mol. The van der Waals surface area contributed by atoms with Crippen molar-refractivity contribution in [3.8, 4) is 0 Å². The van der Waals surface area contributed by atoms with Gasteiger partial charge in [0.15, 0.2) is 0 Å². The van der Waals surface area contributed by atoms with Gasteiger partial charge in [-0.05, 0) is 49.8 Å². The molecule has 3 rings (SSSR count). The molecule has 0 unspecified atom stereocenters. The van der Waals surface area contributed by atoms with Crippen molar-refractivity contribution in [3.05, 3.63) is 47.8 Å². The smallest absolute Gasteiger partial charge is 0.223 e. The molecule has 0 bridgehead atoms. The number of nitrogens with one attached hydrogen (secondary N) is 1. The molecule has 1 heterocycles. The number of hydrogen-bond donors (Lipinski definition) is 1. The second-order valence-electron chi connectivity index (χ2n) is 6.91. The predicted molar refractivity (Wildman–Crippen MR) is 94.3 cm³/mol. The molecular weight excluding hydrogens is 319 g/mol. The summed E-state index contributed by atoms with van der Waals surface area (Å²) in [6.45, 7) is 1.13. The van der Waals surface area contributed by atoms with E-state index in [2.05, 4.69) is 17.5 Å². The third kappa shape index (κ3) is 4.68. The lowest BCUT2D eigenvalue weighted by molar-refractivity contribution is -0.131. The Morgan fingerprint density at radius 1 is 1.36 bits per heavy atom. The maximum atomic E-state index is 13.5. The van der Waals surface area contributed by atoms with Crippen LogP contribution in [0.4, 0.5) is 4.39 Å². The Balaban J connectivity index is 1.64. The zero-order chi connectivity index (χ0) is 17.6. The van der Waals surface area contributed by atoms with Crippen LogP contribution in [-0.4, -0.2) is 35.8 Å². The molecule has 25 heavy (non-hydrogen) atoms. The Morgan fingerprint density at radius 2 is 2.24 bits per heavy atom. The fourth-order valence-corrected chi connectivity index (χ4v) is 3.68. The Morgan fingerprint density at radius 3 is 2.92 bits per heavy atom. The van der Waals surface area contributed by atoms with Crippen LogP contribution in [-0.2, 0) is 16.0 Å². The summed E-state index contributed by atoms with van der Waals surface area (Å²) in [5.74, 6) is -0.0763. The lowest BCUT2D eigenvalue weighted by atomic mass is 9.93. The summed E-state index contributed by atoms with van der Waals surface area (Å²) < 4.78 is 13.5. The molecule has 4 nitrogen and oxygen atoms in total. The summed E-state index contributed by atoms with van der Waals surface area (Å²) in [6.07, 6.45) is 8.72. The fourth-order valence-electron chi connectivity index (χ4n) is 3.68. The van der Waals surface area contributed by atoms with Gasteiger partial charge >= 0.3 is 0 Å². The van der Waals surface area contributed by atoms with Crippen LogP contribution in [0.3, 0.4) is 0 Å². The summed E-state index contributed by atoms with van der Waals surface area (Å²) in [6, 6.07) is 6.34. The van der Waals surface area contributed by atoms with Crippen LogP contribution in [0.15, 0.2) is 36.4 Å². The predicted octanol–water partition coefficient (Wildman–Crippen LogP) is 2.83. The average molecular weight is 344 g/mol. The Bertz CT molecular complexity index is 659. The molecule has 2 aliphatic rings. The van der Waals surface area contributed by atoms with Gasteiger partial charge in [-0.25, -0.2) is 4.39 Å². The van der Waals surface area contributed by atoms with Gasteiger partial charge < -0.3 is 10.2 Å². The number of likely N-dealkylation sites (tertiary alicyclic amines) is 1. The van der Waals surface area contributed by atoms with Crippen LogP contribution in [0, 0.1) is 11.7 Å². The fraction of sp³-hybridized carbons (Fsp3) is 0.500. The quantitative estimate of drug-likeness (QED) is 0.807. The van der Waals surface area contributed by atoms with Gasteiger partial charge in [0.2, 0.25) is 11.8 Å². The van der Waals surface area contributed by atoms with Crippen molar-refractivity contribution < 1.29 is 14.0 Å². The highest BCUT2D eigenvalue weighted by atomic mass is 19.1. The van der Waals surface area contributed by atoms with Gasteiger partial charge in [-0.3, -0.25) is 9.59 Å². The number of amides is 2. The molecule has 1 aliphatic carbocycles. The highest BCUT2D eigenvalue weighted by Crippen LogP contribution is 2.20. The first-order valence-corrected chi connectivity index (χ1v) is 9.10. The van der Waals surface area contributed by atoms with Gasteiger partial charge in [-0.1, -0.05) is 24.3 Å². The molecule has 1 fully saturated rings. The summed E-state index contributed by atoms with van der Waals surface area (Å²) in [7, 11) is 0. The van der Waals surface area contributed by atoms with Crippen LogP contribution >= 0.6 is 0 Å². The molecule has 1 aliphatic heterocycles. The van der Waals surface area contributed by atoms with Crippen molar-refractivity contribution in [1.82, 2.24) is 10.2 Å². The summed E-state index contributed by atoms with van der Waals surface area (Å²) in [4.78, 5) is 26.4. The van der Waals surface area contributed by atoms with E-state index in [9.17, 15) is 14.0 Å². The van der Waals surface area contributed by atoms with E-state index in [0.29, 0.717) is 25.9 Å². The summed E-state index contributed by atoms with van der Waals surface area (Å²) in [5, 5.41) is 3.02. The molecule has 1 saturated heterocycles.